The van der Waals surface area contributed by atoms with E-state index in [-0.39, 0.29) is 17.9 Å². The van der Waals surface area contributed by atoms with Gasteiger partial charge in [0.1, 0.15) is 4.21 Å². The van der Waals surface area contributed by atoms with E-state index in [1.54, 1.807) is 17.5 Å². The van der Waals surface area contributed by atoms with Gasteiger partial charge >= 0.3 is 0 Å². The second-order valence-electron chi connectivity index (χ2n) is 7.20. The number of carbonyl (C=O) groups is 1. The predicted octanol–water partition coefficient (Wildman–Crippen LogP) is 3.64. The van der Waals surface area contributed by atoms with Gasteiger partial charge in [0.25, 0.3) is 10.0 Å². The molecular formula is C20H26N2O3S2. The average Bonchev–Trinajstić information content (AvgIpc) is 3.17. The van der Waals surface area contributed by atoms with Crippen molar-refractivity contribution in [1.29, 1.82) is 0 Å². The van der Waals surface area contributed by atoms with E-state index in [2.05, 4.69) is 37.4 Å². The van der Waals surface area contributed by atoms with E-state index in [0.29, 0.717) is 30.1 Å². The highest BCUT2D eigenvalue weighted by Crippen LogP contribution is 2.27. The molecule has 1 atom stereocenters. The van der Waals surface area contributed by atoms with Gasteiger partial charge < -0.3 is 5.32 Å². The van der Waals surface area contributed by atoms with Crippen LogP contribution in [-0.2, 0) is 14.8 Å². The Balaban J connectivity index is 1.58. The zero-order valence-corrected chi connectivity index (χ0v) is 17.6. The monoisotopic (exact) mass is 406 g/mol. The maximum Gasteiger partial charge on any atom is 0.252 e. The average molecular weight is 407 g/mol. The van der Waals surface area contributed by atoms with E-state index < -0.39 is 10.0 Å². The third kappa shape index (κ3) is 4.42. The van der Waals surface area contributed by atoms with E-state index >= 15 is 0 Å². The summed E-state index contributed by atoms with van der Waals surface area (Å²) in [7, 11) is -3.42. The highest BCUT2D eigenvalue weighted by atomic mass is 32.2. The maximum absolute atomic E-state index is 12.7. The van der Waals surface area contributed by atoms with Gasteiger partial charge in [-0.15, -0.1) is 11.3 Å². The number of sulfonamides is 1. The Morgan fingerprint density at radius 2 is 1.93 bits per heavy atom. The quantitative estimate of drug-likeness (QED) is 0.824. The lowest BCUT2D eigenvalue weighted by Gasteiger charge is -2.31. The molecule has 5 nitrogen and oxygen atoms in total. The van der Waals surface area contributed by atoms with E-state index in [1.165, 1.54) is 26.8 Å². The third-order valence-corrected chi connectivity index (χ3v) is 8.44. The molecule has 0 unspecified atom stereocenters. The number of hydrogen-bond donors (Lipinski definition) is 1. The number of nitrogens with one attached hydrogen (secondary N) is 1. The number of thiophene rings is 1. The molecular weight excluding hydrogens is 380 g/mol. The Morgan fingerprint density at radius 3 is 2.52 bits per heavy atom. The molecule has 1 N–H and O–H groups in total. The smallest absolute Gasteiger partial charge is 0.252 e. The standard InChI is InChI=1S/C20H26N2O3S2/c1-14-6-7-18(15(2)13-14)16(3)21-20(23)17-8-10-22(11-9-17)27(24,25)19-5-4-12-26-19/h4-7,12-13,16-17H,8-11H2,1-3H3,(H,21,23)/t16-/m1/s1. The Labute approximate surface area is 165 Å². The molecule has 1 aromatic heterocycles. The molecule has 146 valence electrons. The number of carbonyl (C=O) groups excluding carboxylic acids is 1. The maximum atomic E-state index is 12.7. The molecule has 1 aliphatic heterocycles. The van der Waals surface area contributed by atoms with Crippen molar-refractivity contribution in [3.63, 3.8) is 0 Å². The molecule has 0 spiro atoms. The van der Waals surface area contributed by atoms with Crippen molar-refractivity contribution in [3.8, 4) is 0 Å². The molecule has 3 rings (SSSR count). The van der Waals surface area contributed by atoms with Gasteiger partial charge in [-0.05, 0) is 56.2 Å². The van der Waals surface area contributed by atoms with Crippen molar-refractivity contribution >= 4 is 27.3 Å². The van der Waals surface area contributed by atoms with Gasteiger partial charge in [0.05, 0.1) is 6.04 Å². The molecule has 1 aromatic carbocycles. The minimum Gasteiger partial charge on any atom is -0.349 e. The summed E-state index contributed by atoms with van der Waals surface area (Å²) < 4.78 is 27.0. The Kier molecular flexibility index (Phi) is 6.03. The van der Waals surface area contributed by atoms with Crippen molar-refractivity contribution < 1.29 is 13.2 Å². The van der Waals surface area contributed by atoms with Crippen LogP contribution in [0, 0.1) is 19.8 Å². The molecule has 0 bridgehead atoms. The number of benzene rings is 1. The fourth-order valence-electron chi connectivity index (χ4n) is 3.62. The van der Waals surface area contributed by atoms with Gasteiger partial charge in [-0.25, -0.2) is 8.42 Å². The van der Waals surface area contributed by atoms with Gasteiger partial charge in [-0.3, -0.25) is 4.79 Å². The summed E-state index contributed by atoms with van der Waals surface area (Å²) in [6.07, 6.45) is 1.10. The second-order valence-corrected chi connectivity index (χ2v) is 10.3. The van der Waals surface area contributed by atoms with Crippen LogP contribution < -0.4 is 5.32 Å². The fraction of sp³-hybridized carbons (Fsp3) is 0.450. The summed E-state index contributed by atoms with van der Waals surface area (Å²) in [5.74, 6) is -0.136. The summed E-state index contributed by atoms with van der Waals surface area (Å²) in [6.45, 7) is 6.87. The van der Waals surface area contributed by atoms with Crippen molar-refractivity contribution in [2.75, 3.05) is 13.1 Å². The first-order chi connectivity index (χ1) is 12.8. The van der Waals surface area contributed by atoms with Crippen LogP contribution in [0.2, 0.25) is 0 Å². The zero-order valence-electron chi connectivity index (χ0n) is 15.9. The summed E-state index contributed by atoms with van der Waals surface area (Å²) in [6, 6.07) is 9.54. The number of nitrogens with zero attached hydrogens (tertiary/aromatic N) is 1. The molecule has 1 saturated heterocycles. The predicted molar refractivity (Wildman–Crippen MR) is 108 cm³/mol. The summed E-state index contributed by atoms with van der Waals surface area (Å²) in [5.41, 5.74) is 3.49. The minimum atomic E-state index is -3.42. The SMILES string of the molecule is Cc1ccc([C@@H](C)NC(=O)C2CCN(S(=O)(=O)c3cccs3)CC2)c(C)c1. The van der Waals surface area contributed by atoms with Gasteiger partial charge in [0.2, 0.25) is 5.91 Å². The number of aryl methyl sites for hydroxylation is 2. The zero-order chi connectivity index (χ0) is 19.6. The number of amides is 1. The molecule has 2 heterocycles. The van der Waals surface area contributed by atoms with E-state index in [0.717, 1.165) is 5.56 Å². The first-order valence-electron chi connectivity index (χ1n) is 9.20. The molecule has 1 fully saturated rings. The highest BCUT2D eigenvalue weighted by molar-refractivity contribution is 7.91. The van der Waals surface area contributed by atoms with Crippen LogP contribution in [-0.4, -0.2) is 31.7 Å². The first kappa shape index (κ1) is 20.0. The van der Waals surface area contributed by atoms with Crippen LogP contribution in [0.4, 0.5) is 0 Å². The molecule has 1 aliphatic rings. The molecule has 0 radical (unpaired) electrons. The third-order valence-electron chi connectivity index (χ3n) is 5.16. The van der Waals surface area contributed by atoms with Gasteiger partial charge in [-0.1, -0.05) is 29.8 Å². The van der Waals surface area contributed by atoms with Crippen LogP contribution in [0.15, 0.2) is 39.9 Å². The lowest BCUT2D eigenvalue weighted by molar-refractivity contribution is -0.126. The molecule has 0 aliphatic carbocycles. The Bertz CT molecular complexity index is 899. The summed E-state index contributed by atoms with van der Waals surface area (Å²) in [4.78, 5) is 12.7. The molecule has 1 amide bonds. The molecule has 7 heteroatoms. The topological polar surface area (TPSA) is 66.5 Å². The van der Waals surface area contributed by atoms with Crippen LogP contribution >= 0.6 is 11.3 Å². The Morgan fingerprint density at radius 1 is 1.22 bits per heavy atom. The normalized spacial score (nSPS) is 17.6. The number of hydrogen-bond acceptors (Lipinski definition) is 4. The highest BCUT2D eigenvalue weighted by Gasteiger charge is 2.33. The summed E-state index contributed by atoms with van der Waals surface area (Å²) in [5, 5.41) is 4.87. The van der Waals surface area contributed by atoms with Crippen molar-refractivity contribution in [2.24, 2.45) is 5.92 Å². The lowest BCUT2D eigenvalue weighted by atomic mass is 9.95. The molecule has 0 saturated carbocycles. The number of rotatable bonds is 5. The minimum absolute atomic E-state index is 0.00986. The van der Waals surface area contributed by atoms with Gasteiger partial charge in [0, 0.05) is 19.0 Å². The van der Waals surface area contributed by atoms with Gasteiger partial charge in [-0.2, -0.15) is 4.31 Å². The van der Waals surface area contributed by atoms with E-state index in [1.807, 2.05) is 6.92 Å². The fourth-order valence-corrected chi connectivity index (χ4v) is 6.23. The van der Waals surface area contributed by atoms with Crippen LogP contribution in [0.1, 0.15) is 42.5 Å². The van der Waals surface area contributed by atoms with Crippen LogP contribution in [0.5, 0.6) is 0 Å². The van der Waals surface area contributed by atoms with Crippen molar-refractivity contribution in [2.45, 2.75) is 43.9 Å². The van der Waals surface area contributed by atoms with E-state index in [9.17, 15) is 13.2 Å². The molecule has 27 heavy (non-hydrogen) atoms. The van der Waals surface area contributed by atoms with Crippen LogP contribution in [0.3, 0.4) is 0 Å². The van der Waals surface area contributed by atoms with Crippen LogP contribution in [0.25, 0.3) is 0 Å². The second kappa shape index (κ2) is 8.12. The van der Waals surface area contributed by atoms with E-state index in [4.69, 9.17) is 0 Å². The van der Waals surface area contributed by atoms with Crippen molar-refractivity contribution in [3.05, 3.63) is 52.4 Å². The lowest BCUT2D eigenvalue weighted by Crippen LogP contribution is -2.43. The largest absolute Gasteiger partial charge is 0.349 e. The van der Waals surface area contributed by atoms with Crippen molar-refractivity contribution in [1.82, 2.24) is 9.62 Å². The number of piperidine rings is 1. The first-order valence-corrected chi connectivity index (χ1v) is 11.5. The molecule has 2 aromatic rings. The van der Waals surface area contributed by atoms with Gasteiger partial charge in [0.15, 0.2) is 0 Å². The Hall–Kier alpha value is -1.70. The summed E-state index contributed by atoms with van der Waals surface area (Å²) >= 11 is 1.23.